The number of ether oxygens (including phenoxy) is 5. The van der Waals surface area contributed by atoms with Crippen LogP contribution in [0.15, 0.2) is 75.7 Å². The summed E-state index contributed by atoms with van der Waals surface area (Å²) in [6.07, 6.45) is 9.56. The van der Waals surface area contributed by atoms with Gasteiger partial charge in [-0.1, -0.05) is 23.3 Å². The number of aliphatic imine (C=N–C) groups is 2. The minimum absolute atomic E-state index is 0.0189. The maximum atomic E-state index is 13.6. The zero-order valence-electron chi connectivity index (χ0n) is 31.4. The van der Waals surface area contributed by atoms with Crippen molar-refractivity contribution in [2.75, 3.05) is 33.9 Å². The van der Waals surface area contributed by atoms with Gasteiger partial charge in [0.25, 0.3) is 11.8 Å². The summed E-state index contributed by atoms with van der Waals surface area (Å²) in [5.74, 6) is 1.03. The molecule has 286 valence electrons. The lowest BCUT2D eigenvalue weighted by Gasteiger charge is -2.20. The van der Waals surface area contributed by atoms with E-state index in [2.05, 4.69) is 9.98 Å². The summed E-state index contributed by atoms with van der Waals surface area (Å²) in [4.78, 5) is 51.2. The minimum Gasteiger partial charge on any atom is -0.494 e. The molecule has 3 aromatic carbocycles. The van der Waals surface area contributed by atoms with Gasteiger partial charge in [0.15, 0.2) is 23.0 Å². The fourth-order valence-corrected chi connectivity index (χ4v) is 7.24. The van der Waals surface area contributed by atoms with Gasteiger partial charge in [-0.3, -0.25) is 24.4 Å². The first-order chi connectivity index (χ1) is 26.7. The molecule has 4 heterocycles. The first kappa shape index (κ1) is 37.2. The van der Waals surface area contributed by atoms with E-state index in [-0.39, 0.29) is 50.1 Å². The Morgan fingerprint density at radius 1 is 0.727 bits per heavy atom. The molecule has 13 nitrogen and oxygen atoms in total. The SMILES string of the molecule is C/C=C1\CC2C=Nc3cc(OCc4cc(COc5cc6c(cc5OC)C(=O)N5C/C(=C/C)C[C@H]5C=N6)cc(OCCCC(=O)O)c4)c(OC)cc3C(=O)N2C1. The molecule has 4 aliphatic heterocycles. The Bertz CT molecular complexity index is 2000. The number of methoxy groups -OCH3 is 2. The van der Waals surface area contributed by atoms with Crippen LogP contribution in [0.2, 0.25) is 0 Å². The van der Waals surface area contributed by atoms with Crippen LogP contribution in [0.3, 0.4) is 0 Å². The highest BCUT2D eigenvalue weighted by Crippen LogP contribution is 2.41. The fourth-order valence-electron chi connectivity index (χ4n) is 7.24. The van der Waals surface area contributed by atoms with Crippen molar-refractivity contribution in [3.05, 3.63) is 88.0 Å². The van der Waals surface area contributed by atoms with E-state index in [1.165, 1.54) is 25.4 Å². The van der Waals surface area contributed by atoms with Crippen LogP contribution in [0.5, 0.6) is 28.7 Å². The van der Waals surface area contributed by atoms with E-state index >= 15 is 0 Å². The molecule has 0 spiro atoms. The van der Waals surface area contributed by atoms with Gasteiger partial charge in [-0.05, 0) is 74.6 Å². The van der Waals surface area contributed by atoms with Crippen LogP contribution in [0.4, 0.5) is 11.4 Å². The lowest BCUT2D eigenvalue weighted by molar-refractivity contribution is -0.137. The molecule has 1 unspecified atom stereocenters. The van der Waals surface area contributed by atoms with Crippen molar-refractivity contribution in [1.82, 2.24) is 9.80 Å². The number of allylic oxidation sites excluding steroid dienone is 2. The molecule has 4 aliphatic rings. The maximum absolute atomic E-state index is 13.6. The number of carbonyl (C=O) groups is 3. The topological polar surface area (TPSA) is 149 Å². The Labute approximate surface area is 319 Å². The molecule has 2 fully saturated rings. The molecule has 0 aliphatic carbocycles. The van der Waals surface area contributed by atoms with Crippen molar-refractivity contribution in [2.24, 2.45) is 9.98 Å². The van der Waals surface area contributed by atoms with Crippen LogP contribution >= 0.6 is 0 Å². The second-order valence-electron chi connectivity index (χ2n) is 13.8. The van der Waals surface area contributed by atoms with Gasteiger partial charge in [-0.2, -0.15) is 0 Å². The first-order valence-corrected chi connectivity index (χ1v) is 18.3. The second-order valence-corrected chi connectivity index (χ2v) is 13.8. The van der Waals surface area contributed by atoms with E-state index in [1.54, 1.807) is 24.3 Å². The summed E-state index contributed by atoms with van der Waals surface area (Å²) in [6.45, 7) is 5.51. The molecule has 3 aromatic rings. The van der Waals surface area contributed by atoms with Crippen LogP contribution in [-0.2, 0) is 18.0 Å². The van der Waals surface area contributed by atoms with Gasteiger partial charge < -0.3 is 38.6 Å². The Morgan fingerprint density at radius 3 is 1.65 bits per heavy atom. The molecule has 1 N–H and O–H groups in total. The van der Waals surface area contributed by atoms with E-state index in [9.17, 15) is 14.4 Å². The first-order valence-electron chi connectivity index (χ1n) is 18.3. The fraction of sp³-hybridized carbons (Fsp3) is 0.357. The molecule has 0 aromatic heterocycles. The summed E-state index contributed by atoms with van der Waals surface area (Å²) < 4.78 is 29.9. The van der Waals surface area contributed by atoms with Crippen molar-refractivity contribution >= 4 is 41.6 Å². The number of carboxylic acid groups (broad SMARTS) is 1. The highest BCUT2D eigenvalue weighted by atomic mass is 16.5. The third-order valence-corrected chi connectivity index (χ3v) is 10.2. The standard InChI is InChI=1S/C42H44N4O9/c1-5-25-11-29-19-43-34-17-38(36(51-3)15-32(34)41(49)45(29)21-25)54-23-27-10-28(14-31(13-27)53-9-7-8-40(47)48)24-55-39-18-35-33(16-37(39)52-4)42(50)46-22-26(6-2)12-30(46)20-44-35/h5-6,10,13-20,29-30H,7-9,11-12,21-24H2,1-4H3,(H,47,48)/b25-5+,26-6+/t29-,30?/m0/s1. The van der Waals surface area contributed by atoms with Gasteiger partial charge in [-0.25, -0.2) is 0 Å². The molecule has 7 rings (SSSR count). The number of hydrogen-bond acceptors (Lipinski definition) is 10. The number of fused-ring (bicyclic) bond motifs is 4. The Kier molecular flexibility index (Phi) is 10.9. The molecule has 0 radical (unpaired) electrons. The van der Waals surface area contributed by atoms with Crippen LogP contribution < -0.4 is 23.7 Å². The van der Waals surface area contributed by atoms with E-state index in [4.69, 9.17) is 28.8 Å². The highest BCUT2D eigenvalue weighted by Gasteiger charge is 2.36. The molecule has 0 saturated carbocycles. The quantitative estimate of drug-likeness (QED) is 0.146. The Morgan fingerprint density at radius 2 is 1.22 bits per heavy atom. The van der Waals surface area contributed by atoms with Crippen LogP contribution in [0.1, 0.15) is 71.4 Å². The van der Waals surface area contributed by atoms with Gasteiger partial charge in [0.05, 0.1) is 55.4 Å². The van der Waals surface area contributed by atoms with Crippen LogP contribution in [0, 0.1) is 0 Å². The molecule has 2 atom stereocenters. The zero-order chi connectivity index (χ0) is 38.6. The molecular weight excluding hydrogens is 704 g/mol. The summed E-state index contributed by atoms with van der Waals surface area (Å²) in [5.41, 5.74) is 5.79. The number of carboxylic acids is 1. The monoisotopic (exact) mass is 748 g/mol. The van der Waals surface area contributed by atoms with Crippen molar-refractivity contribution in [2.45, 2.75) is 64.8 Å². The van der Waals surface area contributed by atoms with Gasteiger partial charge >= 0.3 is 5.97 Å². The average Bonchev–Trinajstić information content (AvgIpc) is 3.76. The number of aliphatic carboxylic acids is 1. The van der Waals surface area contributed by atoms with Crippen molar-refractivity contribution < 1.29 is 43.2 Å². The second kappa shape index (κ2) is 16.1. The third-order valence-electron chi connectivity index (χ3n) is 10.2. The molecule has 2 saturated heterocycles. The molecule has 2 amide bonds. The molecular formula is C42H44N4O9. The Hall–Kier alpha value is -6.11. The molecule has 13 heteroatoms. The number of carbonyl (C=O) groups excluding carboxylic acids is 2. The third kappa shape index (κ3) is 7.91. The number of amides is 2. The maximum Gasteiger partial charge on any atom is 0.303 e. The van der Waals surface area contributed by atoms with E-state index in [0.29, 0.717) is 70.8 Å². The number of benzene rings is 3. The predicted octanol–water partition coefficient (Wildman–Crippen LogP) is 6.86. The summed E-state index contributed by atoms with van der Waals surface area (Å²) in [6, 6.07) is 12.1. The summed E-state index contributed by atoms with van der Waals surface area (Å²) in [5, 5.41) is 9.10. The van der Waals surface area contributed by atoms with Gasteiger partial charge in [0, 0.05) is 44.1 Å². The van der Waals surface area contributed by atoms with Crippen molar-refractivity contribution in [3.8, 4) is 28.7 Å². The number of hydrogen-bond donors (Lipinski definition) is 1. The normalized spacial score (nSPS) is 19.8. The summed E-state index contributed by atoms with van der Waals surface area (Å²) in [7, 11) is 3.05. The number of nitrogens with zero attached hydrogens (tertiary/aromatic N) is 4. The molecule has 55 heavy (non-hydrogen) atoms. The van der Waals surface area contributed by atoms with Crippen molar-refractivity contribution in [3.63, 3.8) is 0 Å². The van der Waals surface area contributed by atoms with E-state index in [0.717, 1.165) is 24.0 Å². The lowest BCUT2D eigenvalue weighted by atomic mass is 10.1. The van der Waals surface area contributed by atoms with Gasteiger partial charge in [0.2, 0.25) is 0 Å². The van der Waals surface area contributed by atoms with Gasteiger partial charge in [0.1, 0.15) is 19.0 Å². The van der Waals surface area contributed by atoms with E-state index < -0.39 is 5.97 Å². The average molecular weight is 749 g/mol. The van der Waals surface area contributed by atoms with Gasteiger partial charge in [-0.15, -0.1) is 0 Å². The Balaban J connectivity index is 1.12. The smallest absolute Gasteiger partial charge is 0.303 e. The predicted molar refractivity (Wildman–Crippen MR) is 206 cm³/mol. The van der Waals surface area contributed by atoms with Crippen LogP contribution in [-0.4, -0.2) is 91.1 Å². The molecule has 0 bridgehead atoms. The zero-order valence-corrected chi connectivity index (χ0v) is 31.4. The largest absolute Gasteiger partial charge is 0.494 e. The number of rotatable bonds is 13. The van der Waals surface area contributed by atoms with E-state index in [1.807, 2.05) is 66.4 Å². The van der Waals surface area contributed by atoms with Crippen molar-refractivity contribution in [1.29, 1.82) is 0 Å². The summed E-state index contributed by atoms with van der Waals surface area (Å²) >= 11 is 0. The highest BCUT2D eigenvalue weighted by molar-refractivity contribution is 6.04. The minimum atomic E-state index is -0.896. The van der Waals surface area contributed by atoms with Crippen LogP contribution in [0.25, 0.3) is 0 Å². The lowest BCUT2D eigenvalue weighted by Crippen LogP contribution is -2.35.